The molecule has 53 heavy (non-hydrogen) atoms. The number of halogens is 2. The number of likely N-dealkylation sites (tertiary alicyclic amines) is 1. The number of aromatic nitrogens is 2. The molecular weight excluding hydrogens is 680 g/mol. The summed E-state index contributed by atoms with van der Waals surface area (Å²) in [5.74, 6) is -0.572. The molecule has 3 saturated heterocycles. The fourth-order valence-electron chi connectivity index (χ4n) is 10.2. The molecule has 3 aromatic rings. The fourth-order valence-corrected chi connectivity index (χ4v) is 10.2. The Morgan fingerprint density at radius 2 is 1.87 bits per heavy atom. The first kappa shape index (κ1) is 36.4. The normalized spacial score (nSPS) is 32.1. The topological polar surface area (TPSA) is 112 Å². The first-order chi connectivity index (χ1) is 25.4. The summed E-state index contributed by atoms with van der Waals surface area (Å²) in [6.07, 6.45) is 10.0. The van der Waals surface area contributed by atoms with Crippen LogP contribution in [-0.2, 0) is 15.9 Å². The van der Waals surface area contributed by atoms with Gasteiger partial charge in [0.25, 0.3) is 0 Å². The number of aliphatic hydroxyl groups is 1. The summed E-state index contributed by atoms with van der Waals surface area (Å²) in [6, 6.07) is 5.94. The quantitative estimate of drug-likeness (QED) is 0.315. The lowest BCUT2D eigenvalue weighted by Gasteiger charge is -2.51. The van der Waals surface area contributed by atoms with Crippen LogP contribution in [-0.4, -0.2) is 94.4 Å². The van der Waals surface area contributed by atoms with E-state index in [0.29, 0.717) is 71.2 Å². The molecule has 6 atom stereocenters. The van der Waals surface area contributed by atoms with Gasteiger partial charge < -0.3 is 34.6 Å². The number of aryl methyl sites for hydroxylation is 1. The number of phenols is 1. The van der Waals surface area contributed by atoms with Gasteiger partial charge in [-0.2, -0.15) is 9.97 Å². The maximum absolute atomic E-state index is 17.2. The number of anilines is 1. The minimum atomic E-state index is -1.16. The average molecular weight is 734 g/mol. The van der Waals surface area contributed by atoms with Crippen LogP contribution in [0, 0.1) is 11.2 Å². The zero-order chi connectivity index (χ0) is 37.1. The summed E-state index contributed by atoms with van der Waals surface area (Å²) < 4.78 is 50.8. The van der Waals surface area contributed by atoms with Crippen LogP contribution in [0.15, 0.2) is 24.3 Å². The molecule has 0 spiro atoms. The van der Waals surface area contributed by atoms with Crippen LogP contribution < -0.4 is 25.5 Å². The monoisotopic (exact) mass is 733 g/mol. The van der Waals surface area contributed by atoms with E-state index in [1.165, 1.54) is 12.1 Å². The summed E-state index contributed by atoms with van der Waals surface area (Å²) in [7, 11) is 0. The summed E-state index contributed by atoms with van der Waals surface area (Å²) in [5, 5.41) is 26.7. The Bertz CT molecular complexity index is 1990. The van der Waals surface area contributed by atoms with Gasteiger partial charge in [0.05, 0.1) is 43.8 Å². The van der Waals surface area contributed by atoms with Crippen LogP contribution in [0.2, 0.25) is 0 Å². The standard InChI is InChI=1S/C41H53F2N5O5/c1-5-29-32(42)10-9-26-18-28(49)19-30(34(26)29)36-35(43)37-31(20-44-36)38(47-14-15-51-22-40(4,50)21-47)46-39(45-37)52-23-41-11-6-8-33(41)48(13-7-12-41)27-16-24(2)53-25(3)17-27/h9-10,18-20,24-25,27,33,36,44,49-50H,5-8,11-17,21-23H2,1-4H3. The van der Waals surface area contributed by atoms with Gasteiger partial charge in [0.15, 0.2) is 5.83 Å². The lowest BCUT2D eigenvalue weighted by atomic mass is 9.74. The third-order valence-corrected chi connectivity index (χ3v) is 12.4. The van der Waals surface area contributed by atoms with Gasteiger partial charge in [0.2, 0.25) is 0 Å². The van der Waals surface area contributed by atoms with E-state index in [9.17, 15) is 10.2 Å². The molecule has 1 saturated carbocycles. The van der Waals surface area contributed by atoms with Crippen LogP contribution in [0.25, 0.3) is 22.8 Å². The minimum absolute atomic E-state index is 0.0441. The van der Waals surface area contributed by atoms with E-state index in [1.807, 2.05) is 11.8 Å². The Hall–Kier alpha value is -3.58. The highest BCUT2D eigenvalue weighted by atomic mass is 19.1. The number of benzene rings is 2. The van der Waals surface area contributed by atoms with E-state index in [1.54, 1.807) is 25.3 Å². The molecule has 6 unspecified atom stereocenters. The van der Waals surface area contributed by atoms with Gasteiger partial charge >= 0.3 is 6.01 Å². The Kier molecular flexibility index (Phi) is 9.78. The molecule has 0 radical (unpaired) electrons. The van der Waals surface area contributed by atoms with Crippen LogP contribution in [0.3, 0.4) is 0 Å². The largest absolute Gasteiger partial charge is 0.508 e. The molecule has 1 aromatic heterocycles. The van der Waals surface area contributed by atoms with Crippen molar-refractivity contribution in [1.29, 1.82) is 0 Å². The molecule has 1 aliphatic carbocycles. The number of aromatic hydroxyl groups is 1. The smallest absolute Gasteiger partial charge is 0.319 e. The fraction of sp³-hybridized carbons (Fsp3) is 0.610. The maximum Gasteiger partial charge on any atom is 0.319 e. The van der Waals surface area contributed by atoms with Crippen LogP contribution >= 0.6 is 0 Å². The van der Waals surface area contributed by atoms with Crippen molar-refractivity contribution in [1.82, 2.24) is 20.2 Å². The highest BCUT2D eigenvalue weighted by molar-refractivity contribution is 5.92. The predicted molar refractivity (Wildman–Crippen MR) is 199 cm³/mol. The molecule has 5 aliphatic rings. The number of piperidine rings is 1. The number of nitrogens with zero attached hydrogens (tertiary/aromatic N) is 4. The lowest BCUT2D eigenvalue weighted by molar-refractivity contribution is -0.0968. The molecule has 5 heterocycles. The first-order valence-corrected chi connectivity index (χ1v) is 19.5. The van der Waals surface area contributed by atoms with E-state index in [4.69, 9.17) is 24.2 Å². The highest BCUT2D eigenvalue weighted by Gasteiger charge is 2.50. The number of β-amino-alcohol motifs (C(OH)–C–C–N with tert-alkyl or cyclic N) is 1. The van der Waals surface area contributed by atoms with Crippen molar-refractivity contribution in [2.45, 2.75) is 115 Å². The zero-order valence-electron chi connectivity index (χ0n) is 31.3. The third-order valence-electron chi connectivity index (χ3n) is 12.4. The van der Waals surface area contributed by atoms with Gasteiger partial charge in [-0.05, 0) is 112 Å². The second kappa shape index (κ2) is 14.2. The summed E-state index contributed by atoms with van der Waals surface area (Å²) >= 11 is 0. The van der Waals surface area contributed by atoms with E-state index in [-0.39, 0.29) is 53.7 Å². The average Bonchev–Trinajstić information content (AvgIpc) is 3.47. The van der Waals surface area contributed by atoms with E-state index in [2.05, 4.69) is 24.1 Å². The number of nitrogens with one attached hydrogen (secondary N) is 1. The molecule has 0 bridgehead atoms. The maximum atomic E-state index is 17.2. The van der Waals surface area contributed by atoms with Crippen LogP contribution in [0.4, 0.5) is 14.6 Å². The lowest BCUT2D eigenvalue weighted by Crippen LogP contribution is -2.57. The number of rotatable bonds is 7. The predicted octanol–water partition coefficient (Wildman–Crippen LogP) is 4.75. The molecule has 4 fully saturated rings. The summed E-state index contributed by atoms with van der Waals surface area (Å²) in [5.41, 5.74) is -0.364. The van der Waals surface area contributed by atoms with Gasteiger partial charge in [-0.1, -0.05) is 19.4 Å². The van der Waals surface area contributed by atoms with Crippen LogP contribution in [0.1, 0.15) is 89.8 Å². The number of fused-ring (bicyclic) bond motifs is 3. The molecule has 2 aromatic carbocycles. The van der Waals surface area contributed by atoms with E-state index < -0.39 is 17.5 Å². The van der Waals surface area contributed by atoms with Crippen molar-refractivity contribution >= 4 is 28.6 Å². The zero-order valence-corrected chi connectivity index (χ0v) is 31.3. The summed E-state index contributed by atoms with van der Waals surface area (Å²) in [4.78, 5) is 14.3. The molecule has 0 amide bonds. The highest BCUT2D eigenvalue weighted by Crippen LogP contribution is 2.49. The molecule has 10 nitrogen and oxygen atoms in total. The Morgan fingerprint density at radius 3 is 2.66 bits per heavy atom. The number of ether oxygens (including phenoxy) is 3. The van der Waals surface area contributed by atoms with Gasteiger partial charge in [-0.15, -0.1) is 0 Å². The number of phenolic OH excluding ortho intramolecular Hbond substituents is 1. The van der Waals surface area contributed by atoms with E-state index in [0.717, 1.165) is 51.5 Å². The van der Waals surface area contributed by atoms with Crippen molar-refractivity contribution < 1.29 is 33.2 Å². The molecular formula is C41H53F2N5O5. The van der Waals surface area contributed by atoms with Crippen molar-refractivity contribution in [2.24, 2.45) is 5.41 Å². The van der Waals surface area contributed by atoms with Gasteiger partial charge in [-0.3, -0.25) is 4.90 Å². The Morgan fingerprint density at radius 1 is 1.08 bits per heavy atom. The van der Waals surface area contributed by atoms with Crippen molar-refractivity contribution in [2.75, 3.05) is 44.4 Å². The van der Waals surface area contributed by atoms with Crippen molar-refractivity contribution in [3.05, 3.63) is 51.8 Å². The molecule has 286 valence electrons. The minimum Gasteiger partial charge on any atom is -0.508 e. The van der Waals surface area contributed by atoms with Crippen molar-refractivity contribution in [3.63, 3.8) is 0 Å². The summed E-state index contributed by atoms with van der Waals surface area (Å²) in [6.45, 7) is 10.6. The second-order valence-corrected chi connectivity index (χ2v) is 16.5. The Balaban J connectivity index is 1.19. The number of hydrogen-bond acceptors (Lipinski definition) is 10. The van der Waals surface area contributed by atoms with Crippen molar-refractivity contribution in [3.8, 4) is 11.8 Å². The SMILES string of the molecule is CCc1c(F)ccc2cc(O)cc(C3NC=c4c(N5CCOCC(C)(O)C5)nc(OCC56CCCC5N(C5CC(C)OC(C)C5)CCC6)nc4=C3F)c12. The molecule has 4 aliphatic heterocycles. The molecule has 3 N–H and O–H groups in total. The van der Waals surface area contributed by atoms with Crippen LogP contribution in [0.5, 0.6) is 11.8 Å². The third kappa shape index (κ3) is 6.85. The van der Waals surface area contributed by atoms with Gasteiger partial charge in [-0.25, -0.2) is 8.78 Å². The van der Waals surface area contributed by atoms with Gasteiger partial charge in [0, 0.05) is 30.2 Å². The number of hydrogen-bond donors (Lipinski definition) is 3. The second-order valence-electron chi connectivity index (χ2n) is 16.5. The molecule has 8 rings (SSSR count). The van der Waals surface area contributed by atoms with E-state index >= 15 is 8.78 Å². The molecule has 12 heteroatoms. The van der Waals surface area contributed by atoms with Gasteiger partial charge in [0.1, 0.15) is 34.4 Å². The Labute approximate surface area is 309 Å². The first-order valence-electron chi connectivity index (χ1n) is 19.5.